The molecular weight excluding hydrogens is 306 g/mol. The largest absolute Gasteiger partial charge is 0.391 e. The number of aliphatic hydroxyl groups is 1. The minimum Gasteiger partial charge on any atom is -0.391 e. The van der Waals surface area contributed by atoms with Crippen LogP contribution >= 0.6 is 0 Å². The Morgan fingerprint density at radius 1 is 1.25 bits per heavy atom. The van der Waals surface area contributed by atoms with E-state index in [-0.39, 0.29) is 0 Å². The minimum atomic E-state index is -0.605. The van der Waals surface area contributed by atoms with E-state index in [1.165, 1.54) is 0 Å². The number of nitrogens with two attached hydrogens (primary N) is 1. The molecule has 4 N–H and O–H groups in total. The maximum absolute atomic E-state index is 11.8. The average molecular weight is 323 g/mol. The number of aliphatic hydroxyl groups excluding tert-OH is 1. The number of benzene rings is 1. The second-order valence-corrected chi connectivity index (χ2v) is 5.94. The van der Waals surface area contributed by atoms with E-state index in [0.29, 0.717) is 30.3 Å². The number of anilines is 1. The number of fused-ring (bicyclic) bond motifs is 1. The molecule has 1 amide bonds. The summed E-state index contributed by atoms with van der Waals surface area (Å²) in [5.41, 5.74) is 7.08. The number of hydrogen-bond acceptors (Lipinski definition) is 5. The summed E-state index contributed by atoms with van der Waals surface area (Å²) in [5.74, 6) is 0.709. The van der Waals surface area contributed by atoms with E-state index in [1.54, 1.807) is 11.1 Å². The lowest BCUT2D eigenvalue weighted by molar-refractivity contribution is -0.119. The van der Waals surface area contributed by atoms with Crippen LogP contribution in [0.3, 0.4) is 0 Å². The molecule has 1 aliphatic heterocycles. The number of aromatic amines is 1. The van der Waals surface area contributed by atoms with Crippen molar-refractivity contribution in [2.45, 2.75) is 18.6 Å². The van der Waals surface area contributed by atoms with Crippen LogP contribution in [0.25, 0.3) is 22.4 Å². The first-order chi connectivity index (χ1) is 11.6. The Balaban J connectivity index is 1.88. The fraction of sp³-hybridized carbons (Fsp3) is 0.235. The molecule has 1 fully saturated rings. The van der Waals surface area contributed by atoms with E-state index in [4.69, 9.17) is 5.73 Å². The number of aromatic nitrogens is 3. The van der Waals surface area contributed by atoms with Crippen LogP contribution in [-0.4, -0.2) is 44.7 Å². The van der Waals surface area contributed by atoms with Crippen molar-refractivity contribution < 1.29 is 9.90 Å². The summed E-state index contributed by atoms with van der Waals surface area (Å²) >= 11 is 0. The molecule has 0 spiro atoms. The molecule has 0 aliphatic carbocycles. The van der Waals surface area contributed by atoms with Gasteiger partial charge in [0.1, 0.15) is 17.5 Å². The summed E-state index contributed by atoms with van der Waals surface area (Å²) in [6, 6.07) is 10.9. The van der Waals surface area contributed by atoms with Crippen LogP contribution in [0.2, 0.25) is 0 Å². The highest BCUT2D eigenvalue weighted by molar-refractivity contribution is 5.93. The Labute approximate surface area is 138 Å². The van der Waals surface area contributed by atoms with Gasteiger partial charge in [0.2, 0.25) is 5.91 Å². The molecule has 2 atom stereocenters. The number of nitrogens with one attached hydrogen (secondary N) is 1. The first-order valence-corrected chi connectivity index (χ1v) is 7.78. The molecule has 4 rings (SSSR count). The lowest BCUT2D eigenvalue weighted by Crippen LogP contribution is -2.40. The van der Waals surface area contributed by atoms with Crippen LogP contribution in [0.5, 0.6) is 0 Å². The van der Waals surface area contributed by atoms with Gasteiger partial charge >= 0.3 is 0 Å². The molecule has 3 aromatic rings. The zero-order chi connectivity index (χ0) is 16.7. The molecule has 7 heteroatoms. The lowest BCUT2D eigenvalue weighted by atomic mass is 10.2. The standard InChI is InChI=1S/C17H17N5O2/c18-14(24)13-8-11(23)9-22(13)17-12-6-7-19-16(12)20-15(21-17)10-4-2-1-3-5-10/h1-7,11,13,23H,8-9H2,(H2,18,24)(H,19,20,21)/t11?,13-/m0/s1. The number of primary amides is 1. The van der Waals surface area contributed by atoms with Gasteiger partial charge in [0.15, 0.2) is 5.82 Å². The summed E-state index contributed by atoms with van der Waals surface area (Å²) < 4.78 is 0. The molecule has 1 saturated heterocycles. The van der Waals surface area contributed by atoms with Crippen molar-refractivity contribution in [2.24, 2.45) is 5.73 Å². The quantitative estimate of drug-likeness (QED) is 0.667. The third kappa shape index (κ3) is 2.39. The molecule has 1 aliphatic rings. The van der Waals surface area contributed by atoms with E-state index in [2.05, 4.69) is 15.0 Å². The van der Waals surface area contributed by atoms with Gasteiger partial charge in [-0.2, -0.15) is 0 Å². The van der Waals surface area contributed by atoms with E-state index >= 15 is 0 Å². The van der Waals surface area contributed by atoms with Crippen LogP contribution < -0.4 is 10.6 Å². The predicted molar refractivity (Wildman–Crippen MR) is 90.3 cm³/mol. The van der Waals surface area contributed by atoms with Crippen molar-refractivity contribution >= 4 is 22.8 Å². The number of H-pyrrole nitrogens is 1. The zero-order valence-corrected chi connectivity index (χ0v) is 12.9. The first kappa shape index (κ1) is 14.6. The van der Waals surface area contributed by atoms with Gasteiger partial charge in [0.05, 0.1) is 11.5 Å². The zero-order valence-electron chi connectivity index (χ0n) is 12.9. The van der Waals surface area contributed by atoms with Crippen molar-refractivity contribution in [1.29, 1.82) is 0 Å². The number of hydrogen-bond donors (Lipinski definition) is 3. The number of rotatable bonds is 3. The van der Waals surface area contributed by atoms with Crippen LogP contribution in [0.1, 0.15) is 6.42 Å². The van der Waals surface area contributed by atoms with Gasteiger partial charge in [-0.05, 0) is 6.07 Å². The van der Waals surface area contributed by atoms with Gasteiger partial charge in [-0.1, -0.05) is 30.3 Å². The summed E-state index contributed by atoms with van der Waals surface area (Å²) in [7, 11) is 0. The van der Waals surface area contributed by atoms with Crippen LogP contribution in [-0.2, 0) is 4.79 Å². The smallest absolute Gasteiger partial charge is 0.240 e. The van der Waals surface area contributed by atoms with Crippen LogP contribution in [0.4, 0.5) is 5.82 Å². The van der Waals surface area contributed by atoms with E-state index in [0.717, 1.165) is 10.9 Å². The Morgan fingerprint density at radius 2 is 2.04 bits per heavy atom. The predicted octanol–water partition coefficient (Wildman–Crippen LogP) is 1.05. The molecule has 0 radical (unpaired) electrons. The van der Waals surface area contributed by atoms with Crippen molar-refractivity contribution in [3.8, 4) is 11.4 Å². The van der Waals surface area contributed by atoms with Crippen molar-refractivity contribution in [3.63, 3.8) is 0 Å². The monoisotopic (exact) mass is 323 g/mol. The van der Waals surface area contributed by atoms with E-state index in [1.807, 2.05) is 36.4 Å². The molecule has 0 bridgehead atoms. The summed E-state index contributed by atoms with van der Waals surface area (Å²) in [6.07, 6.45) is 1.49. The average Bonchev–Trinajstić information content (AvgIpc) is 3.21. The number of nitrogens with zero attached hydrogens (tertiary/aromatic N) is 3. The topological polar surface area (TPSA) is 108 Å². The van der Waals surface area contributed by atoms with Gasteiger partial charge in [-0.25, -0.2) is 9.97 Å². The van der Waals surface area contributed by atoms with Crippen molar-refractivity contribution in [2.75, 3.05) is 11.4 Å². The fourth-order valence-corrected chi connectivity index (χ4v) is 3.18. The van der Waals surface area contributed by atoms with Crippen LogP contribution in [0, 0.1) is 0 Å². The molecule has 122 valence electrons. The van der Waals surface area contributed by atoms with Crippen LogP contribution in [0.15, 0.2) is 42.6 Å². The highest BCUT2D eigenvalue weighted by atomic mass is 16.3. The maximum atomic E-state index is 11.8. The number of β-amino-alcohol motifs (C(OH)–C–C–N with tert-alkyl or cyclic N) is 1. The fourth-order valence-electron chi connectivity index (χ4n) is 3.18. The third-order valence-electron chi connectivity index (χ3n) is 4.31. The second kappa shape index (κ2) is 5.61. The van der Waals surface area contributed by atoms with Gasteiger partial charge in [-0.3, -0.25) is 4.79 Å². The maximum Gasteiger partial charge on any atom is 0.240 e. The summed E-state index contributed by atoms with van der Waals surface area (Å²) in [6.45, 7) is 0.319. The first-order valence-electron chi connectivity index (χ1n) is 7.78. The summed E-state index contributed by atoms with van der Waals surface area (Å²) in [4.78, 5) is 25.9. The van der Waals surface area contributed by atoms with Gasteiger partial charge in [0.25, 0.3) is 0 Å². The SMILES string of the molecule is NC(=O)[C@@H]1CC(O)CN1c1nc(-c2ccccc2)nc2[nH]ccc12. The molecule has 1 unspecified atom stereocenters. The lowest BCUT2D eigenvalue weighted by Gasteiger charge is -2.24. The highest BCUT2D eigenvalue weighted by Crippen LogP contribution is 2.31. The Hall–Kier alpha value is -2.93. The molecular formula is C17H17N5O2. The van der Waals surface area contributed by atoms with Gasteiger partial charge < -0.3 is 20.7 Å². The van der Waals surface area contributed by atoms with Crippen molar-refractivity contribution in [3.05, 3.63) is 42.6 Å². The normalized spacial score (nSPS) is 20.6. The minimum absolute atomic E-state index is 0.311. The van der Waals surface area contributed by atoms with Crippen molar-refractivity contribution in [1.82, 2.24) is 15.0 Å². The van der Waals surface area contributed by atoms with Gasteiger partial charge in [-0.15, -0.1) is 0 Å². The van der Waals surface area contributed by atoms with E-state index in [9.17, 15) is 9.90 Å². The number of amides is 1. The Morgan fingerprint density at radius 3 is 2.79 bits per heavy atom. The van der Waals surface area contributed by atoms with Gasteiger partial charge in [0, 0.05) is 24.7 Å². The second-order valence-electron chi connectivity index (χ2n) is 5.94. The molecule has 1 aromatic carbocycles. The molecule has 2 aromatic heterocycles. The Kier molecular flexibility index (Phi) is 3.42. The Bertz CT molecular complexity index is 892. The van der Waals surface area contributed by atoms with E-state index < -0.39 is 18.1 Å². The molecule has 7 nitrogen and oxygen atoms in total. The third-order valence-corrected chi connectivity index (χ3v) is 4.31. The molecule has 24 heavy (non-hydrogen) atoms. The summed E-state index contributed by atoms with van der Waals surface area (Å²) in [5, 5.41) is 10.8. The highest BCUT2D eigenvalue weighted by Gasteiger charge is 2.36. The molecule has 3 heterocycles. The number of carbonyl (C=O) groups is 1. The number of carbonyl (C=O) groups excluding carboxylic acids is 1. The molecule has 0 saturated carbocycles.